The third-order valence-electron chi connectivity index (χ3n) is 5.04. The minimum Gasteiger partial charge on any atom is -0.459 e. The molecule has 0 bridgehead atoms. The minimum absolute atomic E-state index is 0.0525. The maximum absolute atomic E-state index is 13.3. The van der Waals surface area contributed by atoms with E-state index in [9.17, 15) is 14.4 Å². The zero-order chi connectivity index (χ0) is 24.1. The van der Waals surface area contributed by atoms with Crippen molar-refractivity contribution in [2.45, 2.75) is 20.0 Å². The first-order valence-electron chi connectivity index (χ1n) is 10.8. The monoisotopic (exact) mass is 453 g/mol. The van der Waals surface area contributed by atoms with Gasteiger partial charge in [0.1, 0.15) is 5.56 Å². The van der Waals surface area contributed by atoms with Crippen LogP contribution in [0.3, 0.4) is 0 Å². The highest BCUT2D eigenvalue weighted by molar-refractivity contribution is 6.10. The quantitative estimate of drug-likeness (QED) is 0.404. The van der Waals surface area contributed by atoms with Crippen LogP contribution in [0.25, 0.3) is 22.4 Å². The van der Waals surface area contributed by atoms with Crippen molar-refractivity contribution in [3.8, 4) is 22.4 Å². The van der Waals surface area contributed by atoms with Crippen molar-refractivity contribution in [3.63, 3.8) is 0 Å². The van der Waals surface area contributed by atoms with Crippen LogP contribution in [0.15, 0.2) is 89.7 Å². The molecule has 0 fully saturated rings. The number of ether oxygens (including phenoxy) is 1. The van der Waals surface area contributed by atoms with E-state index in [1.165, 1.54) is 0 Å². The number of anilines is 1. The Bertz CT molecular complexity index is 1360. The van der Waals surface area contributed by atoms with Gasteiger partial charge in [-0.25, -0.2) is 9.89 Å². The number of hydrogen-bond donors (Lipinski definition) is 2. The van der Waals surface area contributed by atoms with Crippen LogP contribution in [0.5, 0.6) is 0 Å². The molecule has 2 N–H and O–H groups in total. The molecule has 34 heavy (non-hydrogen) atoms. The van der Waals surface area contributed by atoms with Gasteiger partial charge in [-0.2, -0.15) is 5.10 Å². The van der Waals surface area contributed by atoms with E-state index in [1.807, 2.05) is 60.7 Å². The summed E-state index contributed by atoms with van der Waals surface area (Å²) in [5.41, 5.74) is 2.52. The van der Waals surface area contributed by atoms with Crippen molar-refractivity contribution >= 4 is 17.6 Å². The Balaban J connectivity index is 1.73. The van der Waals surface area contributed by atoms with Crippen LogP contribution in [0, 0.1) is 0 Å². The number of hydrogen-bond acceptors (Lipinski definition) is 5. The van der Waals surface area contributed by atoms with Crippen LogP contribution < -0.4 is 10.9 Å². The molecule has 0 aliphatic rings. The molecular formula is C27H23N3O4. The lowest BCUT2D eigenvalue weighted by Crippen LogP contribution is -2.26. The predicted molar refractivity (Wildman–Crippen MR) is 131 cm³/mol. The van der Waals surface area contributed by atoms with Gasteiger partial charge in [-0.1, -0.05) is 60.7 Å². The normalized spacial score (nSPS) is 10.7. The number of benzene rings is 3. The maximum atomic E-state index is 13.3. The number of aromatic amines is 1. The molecule has 0 aliphatic heterocycles. The summed E-state index contributed by atoms with van der Waals surface area (Å²) >= 11 is 0. The fraction of sp³-hybridized carbons (Fsp3) is 0.111. The summed E-state index contributed by atoms with van der Waals surface area (Å²) < 4.78 is 5.18. The first kappa shape index (κ1) is 22.7. The van der Waals surface area contributed by atoms with E-state index in [0.29, 0.717) is 28.1 Å². The smallest absolute Gasteiger partial charge is 0.338 e. The lowest BCUT2D eigenvalue weighted by molar-refractivity contribution is 0.0378. The zero-order valence-corrected chi connectivity index (χ0v) is 18.7. The Kier molecular flexibility index (Phi) is 6.64. The van der Waals surface area contributed by atoms with Gasteiger partial charge < -0.3 is 10.1 Å². The first-order chi connectivity index (χ1) is 16.4. The highest BCUT2D eigenvalue weighted by Crippen LogP contribution is 2.31. The Morgan fingerprint density at radius 1 is 0.853 bits per heavy atom. The van der Waals surface area contributed by atoms with Crippen LogP contribution in [-0.2, 0) is 4.74 Å². The summed E-state index contributed by atoms with van der Waals surface area (Å²) in [6.07, 6.45) is -0.236. The number of carbonyl (C=O) groups excluding carboxylic acids is 2. The minimum atomic E-state index is -0.604. The summed E-state index contributed by atoms with van der Waals surface area (Å²) in [6, 6.07) is 24.8. The van der Waals surface area contributed by atoms with E-state index < -0.39 is 17.4 Å². The molecule has 1 aromatic heterocycles. The molecule has 0 aliphatic carbocycles. The van der Waals surface area contributed by atoms with Crippen molar-refractivity contribution in [1.82, 2.24) is 10.2 Å². The number of esters is 1. The molecule has 0 atom stereocenters. The van der Waals surface area contributed by atoms with Crippen LogP contribution in [0.2, 0.25) is 0 Å². The summed E-state index contributed by atoms with van der Waals surface area (Å²) in [4.78, 5) is 38.2. The molecule has 4 rings (SSSR count). The maximum Gasteiger partial charge on any atom is 0.338 e. The van der Waals surface area contributed by atoms with E-state index in [-0.39, 0.29) is 11.7 Å². The average molecular weight is 453 g/mol. The Morgan fingerprint density at radius 2 is 1.44 bits per heavy atom. The molecule has 0 saturated heterocycles. The number of amides is 1. The predicted octanol–water partition coefficient (Wildman–Crippen LogP) is 4.92. The molecular weight excluding hydrogens is 430 g/mol. The first-order valence-corrected chi connectivity index (χ1v) is 10.8. The zero-order valence-electron chi connectivity index (χ0n) is 18.7. The molecule has 3 aromatic carbocycles. The molecule has 0 radical (unpaired) electrons. The second-order valence-corrected chi connectivity index (χ2v) is 7.87. The molecule has 0 unspecified atom stereocenters. The lowest BCUT2D eigenvalue weighted by Gasteiger charge is -2.14. The SMILES string of the molecule is CC(C)OC(=O)c1ccc(NC(=O)c2c(-c3ccccc3)c(-c3ccccc3)n[nH]c2=O)cc1. The van der Waals surface area contributed by atoms with Gasteiger partial charge in [-0.05, 0) is 43.7 Å². The molecule has 7 heteroatoms. The van der Waals surface area contributed by atoms with Crippen molar-refractivity contribution < 1.29 is 14.3 Å². The summed E-state index contributed by atoms with van der Waals surface area (Å²) in [6.45, 7) is 3.54. The van der Waals surface area contributed by atoms with E-state index in [1.54, 1.807) is 38.1 Å². The van der Waals surface area contributed by atoms with Crippen LogP contribution in [0.1, 0.15) is 34.6 Å². The van der Waals surface area contributed by atoms with Gasteiger partial charge in [0.2, 0.25) is 0 Å². The van der Waals surface area contributed by atoms with Gasteiger partial charge in [-0.3, -0.25) is 9.59 Å². The van der Waals surface area contributed by atoms with E-state index in [2.05, 4.69) is 15.5 Å². The van der Waals surface area contributed by atoms with Crippen LogP contribution >= 0.6 is 0 Å². The second-order valence-electron chi connectivity index (χ2n) is 7.87. The number of aromatic nitrogens is 2. The second kappa shape index (κ2) is 9.95. The molecule has 170 valence electrons. The molecule has 1 heterocycles. The highest BCUT2D eigenvalue weighted by Gasteiger charge is 2.23. The van der Waals surface area contributed by atoms with E-state index >= 15 is 0 Å². The van der Waals surface area contributed by atoms with Crippen molar-refractivity contribution in [3.05, 3.63) is 106 Å². The number of rotatable bonds is 6. The van der Waals surface area contributed by atoms with Gasteiger partial charge in [0, 0.05) is 16.8 Å². The van der Waals surface area contributed by atoms with Gasteiger partial charge in [0.15, 0.2) is 0 Å². The van der Waals surface area contributed by atoms with Crippen molar-refractivity contribution in [2.24, 2.45) is 0 Å². The summed E-state index contributed by atoms with van der Waals surface area (Å²) in [7, 11) is 0. The Morgan fingerprint density at radius 3 is 2.03 bits per heavy atom. The fourth-order valence-electron chi connectivity index (χ4n) is 3.52. The number of nitrogens with one attached hydrogen (secondary N) is 2. The van der Waals surface area contributed by atoms with Gasteiger partial charge >= 0.3 is 5.97 Å². The standard InChI is InChI=1S/C27H23N3O4/c1-17(2)34-27(33)20-13-15-21(16-14-20)28-25(31)23-22(18-9-5-3-6-10-18)24(29-30-26(23)32)19-11-7-4-8-12-19/h3-17H,1-2H3,(H,28,31)(H,30,32). The molecule has 0 saturated carbocycles. The van der Waals surface area contributed by atoms with Crippen LogP contribution in [0.4, 0.5) is 5.69 Å². The number of carbonyl (C=O) groups is 2. The molecule has 0 spiro atoms. The van der Waals surface area contributed by atoms with Crippen LogP contribution in [-0.4, -0.2) is 28.2 Å². The Labute approximate surface area is 196 Å². The summed E-state index contributed by atoms with van der Waals surface area (Å²) in [5.74, 6) is -1.03. The third-order valence-corrected chi connectivity index (χ3v) is 5.04. The third kappa shape index (κ3) is 4.94. The number of H-pyrrole nitrogens is 1. The summed E-state index contributed by atoms with van der Waals surface area (Å²) in [5, 5.41) is 9.48. The van der Waals surface area contributed by atoms with Crippen molar-refractivity contribution in [2.75, 3.05) is 5.32 Å². The van der Waals surface area contributed by atoms with Gasteiger partial charge in [-0.15, -0.1) is 0 Å². The largest absolute Gasteiger partial charge is 0.459 e. The average Bonchev–Trinajstić information content (AvgIpc) is 2.85. The molecule has 4 aromatic rings. The Hall–Kier alpha value is -4.52. The van der Waals surface area contributed by atoms with E-state index in [4.69, 9.17) is 4.74 Å². The number of nitrogens with zero attached hydrogens (tertiary/aromatic N) is 1. The van der Waals surface area contributed by atoms with E-state index in [0.717, 1.165) is 5.56 Å². The lowest BCUT2D eigenvalue weighted by atomic mass is 9.95. The van der Waals surface area contributed by atoms with Gasteiger partial charge in [0.25, 0.3) is 11.5 Å². The molecule has 1 amide bonds. The highest BCUT2D eigenvalue weighted by atomic mass is 16.5. The van der Waals surface area contributed by atoms with Crippen molar-refractivity contribution in [1.29, 1.82) is 0 Å². The molecule has 7 nitrogen and oxygen atoms in total. The van der Waals surface area contributed by atoms with Gasteiger partial charge in [0.05, 0.1) is 17.4 Å². The topological polar surface area (TPSA) is 101 Å². The fourth-order valence-corrected chi connectivity index (χ4v) is 3.52.